The number of nitrogens with one attached hydrogen (secondary N) is 1. The third-order valence-corrected chi connectivity index (χ3v) is 4.64. The average molecular weight is 420 g/mol. The van der Waals surface area contributed by atoms with E-state index in [1.807, 2.05) is 61.5 Å². The Morgan fingerprint density at radius 1 is 1.13 bits per heavy atom. The number of aromatic nitrogens is 1. The zero-order valence-electron chi connectivity index (χ0n) is 17.6. The number of esters is 1. The van der Waals surface area contributed by atoms with Crippen molar-refractivity contribution in [3.05, 3.63) is 77.6 Å². The van der Waals surface area contributed by atoms with Gasteiger partial charge in [-0.3, -0.25) is 4.79 Å². The Morgan fingerprint density at radius 2 is 1.84 bits per heavy atom. The molecule has 0 aliphatic heterocycles. The highest BCUT2D eigenvalue weighted by Crippen LogP contribution is 2.26. The van der Waals surface area contributed by atoms with Crippen molar-refractivity contribution in [3.63, 3.8) is 0 Å². The van der Waals surface area contributed by atoms with Crippen LogP contribution in [0.1, 0.15) is 23.8 Å². The van der Waals surface area contributed by atoms with Gasteiger partial charge in [0, 0.05) is 11.6 Å². The number of carbonyl (C=O) groups is 2. The summed E-state index contributed by atoms with van der Waals surface area (Å²) in [7, 11) is 1.28. The van der Waals surface area contributed by atoms with Crippen LogP contribution in [0.4, 0.5) is 0 Å². The average Bonchev–Trinajstić information content (AvgIpc) is 3.17. The van der Waals surface area contributed by atoms with Crippen LogP contribution in [-0.4, -0.2) is 30.2 Å². The summed E-state index contributed by atoms with van der Waals surface area (Å²) in [4.78, 5) is 23.2. The van der Waals surface area contributed by atoms with E-state index < -0.39 is 12.0 Å². The molecule has 1 heterocycles. The number of amides is 1. The lowest BCUT2D eigenvalue weighted by Crippen LogP contribution is -2.38. The lowest BCUT2D eigenvalue weighted by molar-refractivity contribution is -0.144. The molecule has 1 atom stereocenters. The third kappa shape index (κ3) is 5.82. The molecular weight excluding hydrogens is 396 g/mol. The van der Waals surface area contributed by atoms with Crippen LogP contribution in [0, 0.1) is 6.92 Å². The maximum Gasteiger partial charge on any atom is 0.328 e. The monoisotopic (exact) mass is 420 g/mol. The minimum atomic E-state index is -0.709. The lowest BCUT2D eigenvalue weighted by atomic mass is 10.1. The van der Waals surface area contributed by atoms with Gasteiger partial charge in [0.05, 0.1) is 12.7 Å². The minimum absolute atomic E-state index is 0.322. The molecule has 0 saturated heterocycles. The van der Waals surface area contributed by atoms with E-state index >= 15 is 0 Å². The molecule has 0 spiro atoms. The molecule has 31 heavy (non-hydrogen) atoms. The van der Waals surface area contributed by atoms with Gasteiger partial charge in [0.25, 0.3) is 0 Å². The van der Waals surface area contributed by atoms with Crippen molar-refractivity contribution in [2.45, 2.75) is 26.5 Å². The van der Waals surface area contributed by atoms with Gasteiger partial charge in [0.15, 0.2) is 0 Å². The van der Waals surface area contributed by atoms with E-state index in [4.69, 9.17) is 9.26 Å². The summed E-state index contributed by atoms with van der Waals surface area (Å²) < 4.78 is 15.8. The van der Waals surface area contributed by atoms with Gasteiger partial charge in [0.2, 0.25) is 5.91 Å². The fourth-order valence-electron chi connectivity index (χ4n) is 2.88. The van der Waals surface area contributed by atoms with Gasteiger partial charge in [-0.1, -0.05) is 47.6 Å². The van der Waals surface area contributed by atoms with Crippen LogP contribution in [0.5, 0.6) is 5.75 Å². The van der Waals surface area contributed by atoms with Gasteiger partial charge in [-0.05, 0) is 37.6 Å². The van der Waals surface area contributed by atoms with E-state index in [9.17, 15) is 9.59 Å². The summed E-state index contributed by atoms with van der Waals surface area (Å²) in [5.74, 6) is 0.516. The van der Waals surface area contributed by atoms with Gasteiger partial charge in [0.1, 0.15) is 29.9 Å². The Hall–Kier alpha value is -3.87. The molecular formula is C24H24N2O5. The predicted octanol–water partition coefficient (Wildman–Crippen LogP) is 3.92. The second-order valence-corrected chi connectivity index (χ2v) is 6.88. The van der Waals surface area contributed by atoms with E-state index in [0.717, 1.165) is 22.4 Å². The maximum atomic E-state index is 11.9. The first-order valence-corrected chi connectivity index (χ1v) is 9.77. The Kier molecular flexibility index (Phi) is 7.22. The highest BCUT2D eigenvalue weighted by molar-refractivity contribution is 5.94. The molecule has 160 valence electrons. The van der Waals surface area contributed by atoms with Crippen LogP contribution >= 0.6 is 0 Å². The number of carbonyl (C=O) groups excluding carboxylic acids is 2. The molecule has 1 aromatic heterocycles. The molecule has 0 aliphatic carbocycles. The number of hydrogen-bond donors (Lipinski definition) is 1. The molecule has 0 fully saturated rings. The summed E-state index contributed by atoms with van der Waals surface area (Å²) >= 11 is 0. The first kappa shape index (κ1) is 21.8. The zero-order valence-corrected chi connectivity index (χ0v) is 17.6. The van der Waals surface area contributed by atoms with Crippen LogP contribution < -0.4 is 10.1 Å². The summed E-state index contributed by atoms with van der Waals surface area (Å²) in [6.45, 7) is 3.74. The fourth-order valence-corrected chi connectivity index (χ4v) is 2.88. The number of aryl methyl sites for hydroxylation is 1. The van der Waals surface area contributed by atoms with E-state index in [-0.39, 0.29) is 5.91 Å². The van der Waals surface area contributed by atoms with E-state index in [1.165, 1.54) is 13.2 Å². The van der Waals surface area contributed by atoms with Crippen molar-refractivity contribution in [2.24, 2.45) is 0 Å². The van der Waals surface area contributed by atoms with E-state index in [1.54, 1.807) is 13.0 Å². The van der Waals surface area contributed by atoms with Gasteiger partial charge < -0.3 is 19.3 Å². The Balaban J connectivity index is 1.59. The SMILES string of the molecule is COC(=O)[C@@H](C)NC(=O)/C=C/c1ccc(OCc2c(-c3ccccc3)noc2C)cc1. The normalized spacial score (nSPS) is 11.8. The predicted molar refractivity (Wildman–Crippen MR) is 116 cm³/mol. The first-order valence-electron chi connectivity index (χ1n) is 9.77. The molecule has 1 N–H and O–H groups in total. The summed E-state index contributed by atoms with van der Waals surface area (Å²) in [5, 5.41) is 6.69. The van der Waals surface area contributed by atoms with Crippen molar-refractivity contribution < 1.29 is 23.6 Å². The Morgan fingerprint density at radius 3 is 2.52 bits per heavy atom. The number of nitrogens with zero attached hydrogens (tertiary/aromatic N) is 1. The second-order valence-electron chi connectivity index (χ2n) is 6.88. The van der Waals surface area contributed by atoms with E-state index in [0.29, 0.717) is 18.1 Å². The van der Waals surface area contributed by atoms with Crippen molar-refractivity contribution >= 4 is 18.0 Å². The van der Waals surface area contributed by atoms with Gasteiger partial charge in [-0.15, -0.1) is 0 Å². The zero-order chi connectivity index (χ0) is 22.2. The van der Waals surface area contributed by atoms with Crippen LogP contribution in [0.3, 0.4) is 0 Å². The quantitative estimate of drug-likeness (QED) is 0.439. The highest BCUT2D eigenvalue weighted by atomic mass is 16.5. The first-order chi connectivity index (χ1) is 15.0. The molecule has 3 rings (SSSR count). The van der Waals surface area contributed by atoms with Crippen molar-refractivity contribution in [2.75, 3.05) is 7.11 Å². The molecule has 0 aliphatic rings. The van der Waals surface area contributed by atoms with Gasteiger partial charge in [-0.25, -0.2) is 4.79 Å². The number of hydrogen-bond acceptors (Lipinski definition) is 6. The van der Waals surface area contributed by atoms with Crippen LogP contribution in [0.2, 0.25) is 0 Å². The molecule has 0 unspecified atom stereocenters. The minimum Gasteiger partial charge on any atom is -0.489 e. The molecule has 0 saturated carbocycles. The number of methoxy groups -OCH3 is 1. The number of ether oxygens (including phenoxy) is 2. The number of rotatable bonds is 8. The van der Waals surface area contributed by atoms with Gasteiger partial charge >= 0.3 is 5.97 Å². The van der Waals surface area contributed by atoms with E-state index in [2.05, 4.69) is 15.2 Å². The van der Waals surface area contributed by atoms with Gasteiger partial charge in [-0.2, -0.15) is 0 Å². The second kappa shape index (κ2) is 10.2. The fraction of sp³-hybridized carbons (Fsp3) is 0.208. The smallest absolute Gasteiger partial charge is 0.328 e. The topological polar surface area (TPSA) is 90.7 Å². The Labute approximate surface area is 180 Å². The summed E-state index contributed by atoms with van der Waals surface area (Å²) in [5.41, 5.74) is 3.45. The van der Waals surface area contributed by atoms with Crippen LogP contribution in [0.25, 0.3) is 17.3 Å². The Bertz CT molecular complexity index is 1060. The summed E-state index contributed by atoms with van der Waals surface area (Å²) in [6, 6.07) is 16.4. The lowest BCUT2D eigenvalue weighted by Gasteiger charge is -2.09. The molecule has 0 bridgehead atoms. The molecule has 2 aromatic carbocycles. The highest BCUT2D eigenvalue weighted by Gasteiger charge is 2.15. The standard InChI is InChI=1S/C24H24N2O5/c1-16(24(28)29-3)25-22(27)14-11-18-9-12-20(13-10-18)30-15-21-17(2)31-26-23(21)19-7-5-4-6-8-19/h4-14,16H,15H2,1-3H3,(H,25,27)/b14-11+/t16-/m1/s1. The molecule has 3 aromatic rings. The van der Waals surface area contributed by atoms with Crippen LogP contribution in [-0.2, 0) is 20.9 Å². The number of benzene rings is 2. The summed E-state index contributed by atoms with van der Waals surface area (Å²) in [6.07, 6.45) is 3.02. The molecule has 0 radical (unpaired) electrons. The molecule has 7 nitrogen and oxygen atoms in total. The van der Waals surface area contributed by atoms with Crippen molar-refractivity contribution in [3.8, 4) is 17.0 Å². The van der Waals surface area contributed by atoms with Crippen molar-refractivity contribution in [1.29, 1.82) is 0 Å². The molecule has 7 heteroatoms. The maximum absolute atomic E-state index is 11.9. The van der Waals surface area contributed by atoms with Crippen molar-refractivity contribution in [1.82, 2.24) is 10.5 Å². The largest absolute Gasteiger partial charge is 0.489 e. The third-order valence-electron chi connectivity index (χ3n) is 4.64. The van der Waals surface area contributed by atoms with Crippen LogP contribution in [0.15, 0.2) is 65.2 Å². The molecule has 1 amide bonds.